The van der Waals surface area contributed by atoms with Gasteiger partial charge in [-0.2, -0.15) is 0 Å². The van der Waals surface area contributed by atoms with Gasteiger partial charge in [0.25, 0.3) is 0 Å². The van der Waals surface area contributed by atoms with Crippen LogP contribution in [0.4, 0.5) is 0 Å². The summed E-state index contributed by atoms with van der Waals surface area (Å²) in [5.74, 6) is 1.31. The van der Waals surface area contributed by atoms with Crippen LogP contribution in [0.1, 0.15) is 25.8 Å². The van der Waals surface area contributed by atoms with Crippen LogP contribution in [0.15, 0.2) is 218 Å². The molecule has 1 atom stereocenters. The van der Waals surface area contributed by atoms with Gasteiger partial charge in [-0.05, 0) is 90.7 Å². The van der Waals surface area contributed by atoms with E-state index in [1.807, 2.05) is 0 Å². The predicted molar refractivity (Wildman–Crippen MR) is 285 cm³/mol. The molecule has 0 aliphatic heterocycles. The van der Waals surface area contributed by atoms with Crippen molar-refractivity contribution in [1.29, 1.82) is 0 Å². The molecule has 0 radical (unpaired) electrons. The number of hydrogen-bond acceptors (Lipinski definition) is 2. The number of nitrogens with zero attached hydrogens (tertiary/aromatic N) is 5. The van der Waals surface area contributed by atoms with Gasteiger partial charge in [-0.1, -0.05) is 166 Å². The van der Waals surface area contributed by atoms with Crippen LogP contribution in [0.3, 0.4) is 0 Å². The van der Waals surface area contributed by atoms with E-state index in [-0.39, 0.29) is 0 Å². The van der Waals surface area contributed by atoms with Crippen LogP contribution < -0.4 is 0 Å². The Kier molecular flexibility index (Phi) is 9.43. The molecule has 4 heterocycles. The van der Waals surface area contributed by atoms with Crippen molar-refractivity contribution in [2.45, 2.75) is 26.7 Å². The van der Waals surface area contributed by atoms with E-state index in [0.717, 1.165) is 80.0 Å². The second-order valence-electron chi connectivity index (χ2n) is 18.3. The predicted octanol–water partition coefficient (Wildman–Crippen LogP) is 16.4. The standard InChI is InChI=1S/C63H47N5/c1-3-41(2)36-42-28-30-44(31-29-42)63-64-55(43-32-34-46(35-33-43)66-57-22-10-4-16-49(57)50-17-5-11-23-58(50)66)40-56(65-63)45-37-47(67-59-24-12-6-18-51(59)52-19-7-13-25-60(52)67)39-48(38-45)68-61-26-14-8-20-53(61)54-21-9-15-27-62(54)68/h4-35,37-41H,3,36H2,1-2H3. The van der Waals surface area contributed by atoms with Crippen molar-refractivity contribution in [1.82, 2.24) is 23.7 Å². The lowest BCUT2D eigenvalue weighted by Gasteiger charge is -2.16. The van der Waals surface area contributed by atoms with Gasteiger partial charge in [0.15, 0.2) is 5.82 Å². The van der Waals surface area contributed by atoms with Gasteiger partial charge in [0, 0.05) is 66.1 Å². The first-order chi connectivity index (χ1) is 33.6. The number of fused-ring (bicyclic) bond motifs is 9. The van der Waals surface area contributed by atoms with Crippen molar-refractivity contribution in [2.75, 3.05) is 0 Å². The maximum Gasteiger partial charge on any atom is 0.160 e. The average molecular weight is 874 g/mol. The Morgan fingerprint density at radius 2 is 0.706 bits per heavy atom. The zero-order valence-corrected chi connectivity index (χ0v) is 38.0. The van der Waals surface area contributed by atoms with Crippen LogP contribution in [-0.4, -0.2) is 23.7 Å². The average Bonchev–Trinajstić information content (AvgIpc) is 4.05. The summed E-state index contributed by atoms with van der Waals surface area (Å²) in [5, 5.41) is 7.38. The van der Waals surface area contributed by atoms with E-state index in [1.165, 1.54) is 48.9 Å². The fourth-order valence-electron chi connectivity index (χ4n) is 10.6. The molecular weight excluding hydrogens is 827 g/mol. The minimum atomic E-state index is 0.614. The molecule has 0 N–H and O–H groups in total. The van der Waals surface area contributed by atoms with Crippen molar-refractivity contribution in [3.63, 3.8) is 0 Å². The Morgan fingerprint density at radius 3 is 1.10 bits per heavy atom. The largest absolute Gasteiger partial charge is 0.309 e. The molecule has 0 aliphatic carbocycles. The van der Waals surface area contributed by atoms with Crippen LogP contribution >= 0.6 is 0 Å². The maximum atomic E-state index is 5.49. The summed E-state index contributed by atoms with van der Waals surface area (Å²) < 4.78 is 7.19. The Hall–Kier alpha value is -8.54. The molecule has 0 bridgehead atoms. The Balaban J connectivity index is 1.04. The number of hydrogen-bond donors (Lipinski definition) is 0. The van der Waals surface area contributed by atoms with Crippen LogP contribution in [0.5, 0.6) is 0 Å². The lowest BCUT2D eigenvalue weighted by molar-refractivity contribution is 0.560. The van der Waals surface area contributed by atoms with Gasteiger partial charge in [-0.25, -0.2) is 9.97 Å². The minimum absolute atomic E-state index is 0.614. The van der Waals surface area contributed by atoms with Crippen molar-refractivity contribution in [3.05, 3.63) is 224 Å². The fourth-order valence-corrected chi connectivity index (χ4v) is 10.6. The molecule has 5 heteroatoms. The van der Waals surface area contributed by atoms with Crippen molar-refractivity contribution < 1.29 is 0 Å². The molecule has 0 spiro atoms. The molecule has 13 aromatic rings. The van der Waals surface area contributed by atoms with E-state index in [4.69, 9.17) is 9.97 Å². The van der Waals surface area contributed by atoms with Crippen LogP contribution in [0, 0.1) is 5.92 Å². The molecule has 324 valence electrons. The highest BCUT2D eigenvalue weighted by molar-refractivity contribution is 6.11. The molecule has 0 amide bonds. The molecule has 4 aromatic heterocycles. The van der Waals surface area contributed by atoms with Gasteiger partial charge in [-0.15, -0.1) is 0 Å². The highest BCUT2D eigenvalue weighted by atomic mass is 15.0. The van der Waals surface area contributed by atoms with Gasteiger partial charge in [0.2, 0.25) is 0 Å². The summed E-state index contributed by atoms with van der Waals surface area (Å²) in [6.07, 6.45) is 2.19. The number of rotatable bonds is 9. The smallest absolute Gasteiger partial charge is 0.160 e. The monoisotopic (exact) mass is 873 g/mol. The molecule has 5 nitrogen and oxygen atoms in total. The normalized spacial score (nSPS) is 12.3. The zero-order chi connectivity index (χ0) is 45.3. The van der Waals surface area contributed by atoms with E-state index in [0.29, 0.717) is 11.7 Å². The lowest BCUT2D eigenvalue weighted by Crippen LogP contribution is -2.02. The van der Waals surface area contributed by atoms with Crippen molar-refractivity contribution in [3.8, 4) is 51.0 Å². The van der Waals surface area contributed by atoms with Crippen LogP contribution in [-0.2, 0) is 6.42 Å². The van der Waals surface area contributed by atoms with Crippen molar-refractivity contribution >= 4 is 65.4 Å². The Bertz CT molecular complexity index is 3760. The third kappa shape index (κ3) is 6.53. The third-order valence-electron chi connectivity index (χ3n) is 14.1. The summed E-state index contributed by atoms with van der Waals surface area (Å²) in [4.78, 5) is 10.9. The molecule has 68 heavy (non-hydrogen) atoms. The molecule has 0 fully saturated rings. The number of para-hydroxylation sites is 6. The lowest BCUT2D eigenvalue weighted by atomic mass is 9.98. The number of aromatic nitrogens is 5. The Labute approximate surface area is 394 Å². The minimum Gasteiger partial charge on any atom is -0.309 e. The van der Waals surface area contributed by atoms with Gasteiger partial charge in [-0.3, -0.25) is 0 Å². The summed E-state index contributed by atoms with van der Waals surface area (Å²) in [6.45, 7) is 4.58. The van der Waals surface area contributed by atoms with E-state index in [2.05, 4.69) is 246 Å². The second kappa shape index (κ2) is 16.1. The molecule has 0 aliphatic rings. The zero-order valence-electron chi connectivity index (χ0n) is 38.0. The van der Waals surface area contributed by atoms with E-state index in [9.17, 15) is 0 Å². The molecule has 13 rings (SSSR count). The maximum absolute atomic E-state index is 5.49. The summed E-state index contributed by atoms with van der Waals surface area (Å²) in [5.41, 5.74) is 16.3. The number of benzene rings is 9. The highest BCUT2D eigenvalue weighted by Crippen LogP contribution is 2.39. The van der Waals surface area contributed by atoms with E-state index >= 15 is 0 Å². The molecule has 9 aromatic carbocycles. The van der Waals surface area contributed by atoms with Crippen LogP contribution in [0.25, 0.3) is 116 Å². The highest BCUT2D eigenvalue weighted by Gasteiger charge is 2.20. The van der Waals surface area contributed by atoms with Gasteiger partial charge in [0.1, 0.15) is 0 Å². The first-order valence-electron chi connectivity index (χ1n) is 23.8. The van der Waals surface area contributed by atoms with Gasteiger partial charge in [0.05, 0.1) is 44.5 Å². The van der Waals surface area contributed by atoms with Crippen LogP contribution in [0.2, 0.25) is 0 Å². The summed E-state index contributed by atoms with van der Waals surface area (Å²) in [6, 6.07) is 79.2. The summed E-state index contributed by atoms with van der Waals surface area (Å²) >= 11 is 0. The molecular formula is C63H47N5. The first-order valence-corrected chi connectivity index (χ1v) is 23.8. The molecule has 1 unspecified atom stereocenters. The van der Waals surface area contributed by atoms with E-state index < -0.39 is 0 Å². The van der Waals surface area contributed by atoms with Gasteiger partial charge >= 0.3 is 0 Å². The summed E-state index contributed by atoms with van der Waals surface area (Å²) in [7, 11) is 0. The Morgan fingerprint density at radius 1 is 0.353 bits per heavy atom. The van der Waals surface area contributed by atoms with Gasteiger partial charge < -0.3 is 13.7 Å². The first kappa shape index (κ1) is 39.8. The molecule has 0 saturated carbocycles. The van der Waals surface area contributed by atoms with Crippen molar-refractivity contribution in [2.24, 2.45) is 5.92 Å². The van der Waals surface area contributed by atoms with E-state index in [1.54, 1.807) is 0 Å². The second-order valence-corrected chi connectivity index (χ2v) is 18.3. The topological polar surface area (TPSA) is 40.6 Å². The molecule has 0 saturated heterocycles. The SMILES string of the molecule is CCC(C)Cc1ccc(-c2nc(-c3ccc(-n4c5ccccc5c5ccccc54)cc3)cc(-c3cc(-n4c5ccccc5c5ccccc54)cc(-n4c5ccccc5c5ccccc54)c3)n2)cc1. The third-order valence-corrected chi connectivity index (χ3v) is 14.1. The quantitative estimate of drug-likeness (QED) is 0.145. The fraction of sp³-hybridized carbons (Fsp3) is 0.0794.